The maximum Gasteiger partial charge on any atom is 0.225 e. The Balaban J connectivity index is 1.51. The van der Waals surface area contributed by atoms with E-state index in [1.807, 2.05) is 41.4 Å². The summed E-state index contributed by atoms with van der Waals surface area (Å²) in [6.07, 6.45) is 0.446. The lowest BCUT2D eigenvalue weighted by Crippen LogP contribution is -2.48. The average Bonchev–Trinajstić information content (AvgIpc) is 3.10. The molecule has 1 saturated heterocycles. The van der Waals surface area contributed by atoms with Crippen molar-refractivity contribution in [3.8, 4) is 10.4 Å². The number of piperazine rings is 1. The zero-order chi connectivity index (χ0) is 18.5. The Hall–Kier alpha value is -1.40. The molecule has 1 atom stereocenters. The van der Waals surface area contributed by atoms with Gasteiger partial charge in [0.05, 0.1) is 12.5 Å². The van der Waals surface area contributed by atoms with Gasteiger partial charge in [-0.05, 0) is 36.8 Å². The number of amides is 1. The van der Waals surface area contributed by atoms with E-state index in [0.717, 1.165) is 43.3 Å². The van der Waals surface area contributed by atoms with Crippen LogP contribution < -0.4 is 0 Å². The van der Waals surface area contributed by atoms with Gasteiger partial charge < -0.3 is 9.64 Å². The number of carbonyl (C=O) groups is 1. The summed E-state index contributed by atoms with van der Waals surface area (Å²) >= 11 is 7.90. The Kier molecular flexibility index (Phi) is 6.70. The molecule has 3 rings (SSSR count). The number of benzene rings is 1. The minimum Gasteiger partial charge on any atom is -0.381 e. The molecule has 0 radical (unpaired) electrons. The first-order valence-corrected chi connectivity index (χ1v) is 10.1. The van der Waals surface area contributed by atoms with Crippen molar-refractivity contribution < 1.29 is 9.53 Å². The van der Waals surface area contributed by atoms with Crippen molar-refractivity contribution in [1.82, 2.24) is 9.80 Å². The lowest BCUT2D eigenvalue weighted by atomic mass is 10.2. The Morgan fingerprint density at radius 1 is 1.23 bits per heavy atom. The Bertz CT molecular complexity index is 741. The normalized spacial score (nSPS) is 16.7. The Labute approximate surface area is 164 Å². The molecule has 1 aliphatic rings. The van der Waals surface area contributed by atoms with Gasteiger partial charge in [0.25, 0.3) is 0 Å². The molecule has 1 aromatic carbocycles. The number of hydrogen-bond acceptors (Lipinski definition) is 4. The minimum atomic E-state index is -0.0171. The largest absolute Gasteiger partial charge is 0.381 e. The van der Waals surface area contributed by atoms with Gasteiger partial charge in [-0.3, -0.25) is 9.69 Å². The van der Waals surface area contributed by atoms with Gasteiger partial charge in [0.2, 0.25) is 5.91 Å². The predicted molar refractivity (Wildman–Crippen MR) is 108 cm³/mol. The van der Waals surface area contributed by atoms with Crippen molar-refractivity contribution in [2.45, 2.75) is 26.0 Å². The van der Waals surface area contributed by atoms with Crippen LogP contribution in [0, 0.1) is 0 Å². The first kappa shape index (κ1) is 19.4. The van der Waals surface area contributed by atoms with Crippen molar-refractivity contribution in [3.05, 3.63) is 46.3 Å². The van der Waals surface area contributed by atoms with Crippen LogP contribution in [0.25, 0.3) is 10.4 Å². The maximum absolute atomic E-state index is 12.2. The van der Waals surface area contributed by atoms with Crippen LogP contribution in [0.3, 0.4) is 0 Å². The van der Waals surface area contributed by atoms with Crippen LogP contribution in [0.15, 0.2) is 36.4 Å². The molecule has 26 heavy (non-hydrogen) atoms. The van der Waals surface area contributed by atoms with E-state index in [1.54, 1.807) is 7.11 Å². The highest BCUT2D eigenvalue weighted by Gasteiger charge is 2.22. The van der Waals surface area contributed by atoms with E-state index in [2.05, 4.69) is 23.1 Å². The van der Waals surface area contributed by atoms with Gasteiger partial charge in [0.15, 0.2) is 0 Å². The van der Waals surface area contributed by atoms with Gasteiger partial charge in [-0.2, -0.15) is 0 Å². The van der Waals surface area contributed by atoms with Gasteiger partial charge in [-0.15, -0.1) is 11.3 Å². The van der Waals surface area contributed by atoms with Gasteiger partial charge in [-0.1, -0.05) is 23.7 Å². The third-order valence-electron chi connectivity index (χ3n) is 4.74. The number of carbonyl (C=O) groups excluding carboxylic acids is 1. The van der Waals surface area contributed by atoms with E-state index in [-0.39, 0.29) is 12.0 Å². The van der Waals surface area contributed by atoms with E-state index in [4.69, 9.17) is 16.3 Å². The van der Waals surface area contributed by atoms with Crippen molar-refractivity contribution in [1.29, 1.82) is 0 Å². The third kappa shape index (κ3) is 5.07. The SMILES string of the molecule is COC(C)CC(=O)N1CCN(Cc2ccc(-c3cccc(Cl)c3)s2)CC1. The van der Waals surface area contributed by atoms with Crippen LogP contribution in [0.5, 0.6) is 0 Å². The number of hydrogen-bond donors (Lipinski definition) is 0. The highest BCUT2D eigenvalue weighted by atomic mass is 35.5. The fourth-order valence-electron chi connectivity index (χ4n) is 3.09. The van der Waals surface area contributed by atoms with E-state index < -0.39 is 0 Å². The quantitative estimate of drug-likeness (QED) is 0.740. The Morgan fingerprint density at radius 3 is 2.69 bits per heavy atom. The highest BCUT2D eigenvalue weighted by Crippen LogP contribution is 2.30. The lowest BCUT2D eigenvalue weighted by molar-refractivity contribution is -0.135. The first-order chi connectivity index (χ1) is 12.5. The van der Waals surface area contributed by atoms with Crippen molar-refractivity contribution in [3.63, 3.8) is 0 Å². The van der Waals surface area contributed by atoms with Crippen LogP contribution in [0.1, 0.15) is 18.2 Å². The van der Waals surface area contributed by atoms with Gasteiger partial charge in [0.1, 0.15) is 0 Å². The second-order valence-electron chi connectivity index (χ2n) is 6.68. The summed E-state index contributed by atoms with van der Waals surface area (Å²) in [6.45, 7) is 6.28. The van der Waals surface area contributed by atoms with E-state index in [1.165, 1.54) is 9.75 Å². The van der Waals surface area contributed by atoms with E-state index >= 15 is 0 Å². The second kappa shape index (κ2) is 9.00. The molecule has 0 aliphatic carbocycles. The van der Waals surface area contributed by atoms with Gasteiger partial charge in [-0.25, -0.2) is 0 Å². The number of methoxy groups -OCH3 is 1. The standard InChI is InChI=1S/C20H25ClN2O2S/c1-15(25-2)12-20(24)23-10-8-22(9-11-23)14-18-6-7-19(26-18)16-4-3-5-17(21)13-16/h3-7,13,15H,8-12,14H2,1-2H3. The summed E-state index contributed by atoms with van der Waals surface area (Å²) < 4.78 is 5.19. The molecule has 2 aromatic rings. The maximum atomic E-state index is 12.2. The molecule has 0 bridgehead atoms. The molecule has 1 aromatic heterocycles. The highest BCUT2D eigenvalue weighted by molar-refractivity contribution is 7.15. The molecule has 1 aliphatic heterocycles. The topological polar surface area (TPSA) is 32.8 Å². The molecule has 1 unspecified atom stereocenters. The predicted octanol–water partition coefficient (Wildman–Crippen LogP) is 4.14. The first-order valence-electron chi connectivity index (χ1n) is 8.92. The zero-order valence-corrected chi connectivity index (χ0v) is 16.9. The summed E-state index contributed by atoms with van der Waals surface area (Å²) in [5, 5.41) is 0.765. The van der Waals surface area contributed by atoms with Crippen LogP contribution >= 0.6 is 22.9 Å². The van der Waals surface area contributed by atoms with Crippen LogP contribution in [0.2, 0.25) is 5.02 Å². The van der Waals surface area contributed by atoms with E-state index in [9.17, 15) is 4.79 Å². The Morgan fingerprint density at radius 2 is 2.00 bits per heavy atom. The van der Waals surface area contributed by atoms with Gasteiger partial charge in [0, 0.05) is 54.6 Å². The molecule has 4 nitrogen and oxygen atoms in total. The fourth-order valence-corrected chi connectivity index (χ4v) is 4.33. The van der Waals surface area contributed by atoms with Crippen LogP contribution in [-0.2, 0) is 16.1 Å². The molecular formula is C20H25ClN2O2S. The molecule has 0 saturated carbocycles. The molecule has 6 heteroatoms. The molecule has 1 amide bonds. The van der Waals surface area contributed by atoms with Crippen molar-refractivity contribution >= 4 is 28.8 Å². The van der Waals surface area contributed by atoms with Crippen LogP contribution in [-0.4, -0.2) is 55.1 Å². The summed E-state index contributed by atoms with van der Waals surface area (Å²) in [6, 6.07) is 12.3. The summed E-state index contributed by atoms with van der Waals surface area (Å²) in [5.41, 5.74) is 1.16. The summed E-state index contributed by atoms with van der Waals surface area (Å²) in [7, 11) is 1.65. The summed E-state index contributed by atoms with van der Waals surface area (Å²) in [5.74, 6) is 0.193. The molecule has 0 N–H and O–H groups in total. The van der Waals surface area contributed by atoms with E-state index in [0.29, 0.717) is 6.42 Å². The molecule has 2 heterocycles. The molecule has 140 valence electrons. The van der Waals surface area contributed by atoms with Crippen LogP contribution in [0.4, 0.5) is 0 Å². The fraction of sp³-hybridized carbons (Fsp3) is 0.450. The number of halogens is 1. The monoisotopic (exact) mass is 392 g/mol. The number of nitrogens with zero attached hydrogens (tertiary/aromatic N) is 2. The van der Waals surface area contributed by atoms with Gasteiger partial charge >= 0.3 is 0 Å². The minimum absolute atomic E-state index is 0.0171. The third-order valence-corrected chi connectivity index (χ3v) is 6.09. The smallest absolute Gasteiger partial charge is 0.225 e. The molecule has 1 fully saturated rings. The average molecular weight is 393 g/mol. The van der Waals surface area contributed by atoms with Crippen molar-refractivity contribution in [2.75, 3.05) is 33.3 Å². The molecular weight excluding hydrogens is 368 g/mol. The van der Waals surface area contributed by atoms with Crippen molar-refractivity contribution in [2.24, 2.45) is 0 Å². The zero-order valence-electron chi connectivity index (χ0n) is 15.3. The number of rotatable bonds is 6. The summed E-state index contributed by atoms with van der Waals surface area (Å²) in [4.78, 5) is 19.2. The number of ether oxygens (including phenoxy) is 1. The molecule has 0 spiro atoms. The second-order valence-corrected chi connectivity index (χ2v) is 8.29. The number of thiophene rings is 1. The lowest BCUT2D eigenvalue weighted by Gasteiger charge is -2.35.